The van der Waals surface area contributed by atoms with Gasteiger partial charge in [-0.2, -0.15) is 0 Å². The van der Waals surface area contributed by atoms with Crippen LogP contribution in [0.1, 0.15) is 32.7 Å². The molecule has 1 saturated heterocycles. The van der Waals surface area contributed by atoms with E-state index in [0.29, 0.717) is 31.9 Å². The van der Waals surface area contributed by atoms with E-state index in [1.54, 1.807) is 14.1 Å². The quantitative estimate of drug-likeness (QED) is 0.241. The molecule has 12 heteroatoms. The number of amides is 1. The lowest BCUT2D eigenvalue weighted by molar-refractivity contribution is -0.148. The summed E-state index contributed by atoms with van der Waals surface area (Å²) in [5, 5.41) is 44.5. The third kappa shape index (κ3) is 3.97. The number of ether oxygens (including phenoxy) is 1. The van der Waals surface area contributed by atoms with Crippen LogP contribution in [0.5, 0.6) is 5.75 Å². The number of benzene rings is 1. The first-order valence-corrected chi connectivity index (χ1v) is 12.7. The number of rotatable bonds is 5. The molecule has 0 unspecified atom stereocenters. The van der Waals surface area contributed by atoms with Gasteiger partial charge in [-0.15, -0.1) is 0 Å². The van der Waals surface area contributed by atoms with Crippen molar-refractivity contribution in [2.45, 2.75) is 24.5 Å². The minimum absolute atomic E-state index is 0.0431. The summed E-state index contributed by atoms with van der Waals surface area (Å²) in [6, 6.07) is 1.63. The van der Waals surface area contributed by atoms with E-state index >= 15 is 0 Å². The number of primary amides is 1. The number of aromatic hydroxyl groups is 1. The highest BCUT2D eigenvalue weighted by Gasteiger charge is 2.63. The summed E-state index contributed by atoms with van der Waals surface area (Å²) >= 11 is 0. The number of allylic oxidation sites excluding steroid dienone is 1. The van der Waals surface area contributed by atoms with E-state index in [1.165, 1.54) is 17.0 Å². The van der Waals surface area contributed by atoms with Crippen LogP contribution in [0.15, 0.2) is 34.8 Å². The van der Waals surface area contributed by atoms with Crippen LogP contribution in [0.25, 0.3) is 0 Å². The van der Waals surface area contributed by atoms with Crippen molar-refractivity contribution in [3.8, 4) is 5.75 Å². The number of Topliss-reactive ketones (excluding diaryl/α,β-unsaturated/α-hetero) is 3. The molecular formula is C27H31N3O9. The first-order chi connectivity index (χ1) is 18.4. The molecule has 0 bridgehead atoms. The number of aliphatic hydroxyl groups is 3. The second kappa shape index (κ2) is 9.56. The summed E-state index contributed by atoms with van der Waals surface area (Å²) in [6.07, 6.45) is 0.0195. The number of nitrogens with two attached hydrogens (primary N) is 1. The Balaban J connectivity index is 1.62. The van der Waals surface area contributed by atoms with E-state index in [2.05, 4.69) is 0 Å². The molecule has 4 aliphatic rings. The summed E-state index contributed by atoms with van der Waals surface area (Å²) in [7, 11) is 3.13. The number of carbonyl (C=O) groups excluding carboxylic acids is 4. The Hall–Kier alpha value is -3.58. The molecule has 0 saturated carbocycles. The number of ketones is 3. The van der Waals surface area contributed by atoms with Crippen LogP contribution in [-0.2, 0) is 20.7 Å². The maximum absolute atomic E-state index is 13.8. The normalized spacial score (nSPS) is 29.3. The minimum atomic E-state index is -2.70. The summed E-state index contributed by atoms with van der Waals surface area (Å²) in [5.41, 5.74) is 1.94. The number of phenols is 1. The van der Waals surface area contributed by atoms with E-state index in [0.717, 1.165) is 0 Å². The van der Waals surface area contributed by atoms with Crippen molar-refractivity contribution in [2.75, 3.05) is 46.9 Å². The molecule has 3 aliphatic carbocycles. The van der Waals surface area contributed by atoms with Gasteiger partial charge in [-0.05, 0) is 50.6 Å². The second-order valence-corrected chi connectivity index (χ2v) is 10.8. The van der Waals surface area contributed by atoms with E-state index in [4.69, 9.17) is 10.5 Å². The molecule has 1 aromatic rings. The van der Waals surface area contributed by atoms with Gasteiger partial charge in [0, 0.05) is 30.1 Å². The van der Waals surface area contributed by atoms with Crippen LogP contribution in [0.4, 0.5) is 0 Å². The third-order valence-electron chi connectivity index (χ3n) is 8.38. The zero-order valence-electron chi connectivity index (χ0n) is 21.6. The van der Waals surface area contributed by atoms with Gasteiger partial charge in [0.2, 0.25) is 5.78 Å². The van der Waals surface area contributed by atoms with E-state index in [9.17, 15) is 39.6 Å². The molecule has 0 spiro atoms. The van der Waals surface area contributed by atoms with Crippen LogP contribution in [0.2, 0.25) is 0 Å². The van der Waals surface area contributed by atoms with Crippen molar-refractivity contribution >= 4 is 23.3 Å². The van der Waals surface area contributed by atoms with Gasteiger partial charge in [-0.3, -0.25) is 29.0 Å². The molecule has 5 rings (SSSR count). The number of hydrogen-bond acceptors (Lipinski definition) is 11. The van der Waals surface area contributed by atoms with Gasteiger partial charge in [0.1, 0.15) is 22.8 Å². The number of hydrogen-bond donors (Lipinski definition) is 5. The Kier molecular flexibility index (Phi) is 6.62. The van der Waals surface area contributed by atoms with Gasteiger partial charge in [0.25, 0.3) is 5.91 Å². The first-order valence-electron chi connectivity index (χ1n) is 12.7. The predicted octanol–water partition coefficient (Wildman–Crippen LogP) is -0.364. The van der Waals surface area contributed by atoms with Gasteiger partial charge in [0.15, 0.2) is 17.2 Å². The average molecular weight is 542 g/mol. The Morgan fingerprint density at radius 1 is 1.15 bits per heavy atom. The second-order valence-electron chi connectivity index (χ2n) is 10.8. The van der Waals surface area contributed by atoms with Crippen LogP contribution < -0.4 is 5.73 Å². The summed E-state index contributed by atoms with van der Waals surface area (Å²) < 4.78 is 5.33. The number of phenolic OH excluding ortho intramolecular Hbond substituents is 1. The van der Waals surface area contributed by atoms with Gasteiger partial charge in [-0.1, -0.05) is 0 Å². The third-order valence-corrected chi connectivity index (χ3v) is 8.38. The minimum Gasteiger partial charge on any atom is -0.510 e. The van der Waals surface area contributed by atoms with Gasteiger partial charge >= 0.3 is 0 Å². The topological polar surface area (TPSA) is 191 Å². The highest BCUT2D eigenvalue weighted by Crippen LogP contribution is 2.52. The number of nitrogens with zero attached hydrogens (tertiary/aromatic N) is 2. The highest BCUT2D eigenvalue weighted by molar-refractivity contribution is 6.25. The van der Waals surface area contributed by atoms with Crippen LogP contribution >= 0.6 is 0 Å². The van der Waals surface area contributed by atoms with E-state index in [1.807, 2.05) is 4.90 Å². The maximum atomic E-state index is 13.8. The van der Waals surface area contributed by atoms with Crippen LogP contribution in [0, 0.1) is 11.8 Å². The van der Waals surface area contributed by atoms with Crippen molar-refractivity contribution in [2.24, 2.45) is 17.6 Å². The fraction of sp³-hybridized carbons (Fsp3) is 0.481. The van der Waals surface area contributed by atoms with E-state index < -0.39 is 63.8 Å². The highest BCUT2D eigenvalue weighted by atomic mass is 16.5. The molecule has 39 heavy (non-hydrogen) atoms. The van der Waals surface area contributed by atoms with Crippen molar-refractivity contribution in [1.82, 2.24) is 9.80 Å². The molecule has 1 fully saturated rings. The lowest BCUT2D eigenvalue weighted by atomic mass is 9.58. The molecule has 4 atom stereocenters. The van der Waals surface area contributed by atoms with Crippen molar-refractivity contribution in [1.29, 1.82) is 0 Å². The SMILES string of the molecule is CN(C)[C@@H]1C(O)=C(C(N)=O)C(=O)[C@@]2(O)C(O)=C3C(=O)c4c(O)ccc(C(=O)CN5CCOCC5)c4C[C@@H]3C[C@H]12. The van der Waals surface area contributed by atoms with Gasteiger partial charge in [0.05, 0.1) is 31.4 Å². The van der Waals surface area contributed by atoms with Crippen molar-refractivity contribution in [3.05, 3.63) is 51.5 Å². The lowest BCUT2D eigenvalue weighted by Crippen LogP contribution is -2.63. The molecule has 0 radical (unpaired) electrons. The number of aliphatic hydroxyl groups excluding tert-OH is 2. The van der Waals surface area contributed by atoms with Crippen molar-refractivity contribution in [3.63, 3.8) is 0 Å². The monoisotopic (exact) mass is 541 g/mol. The fourth-order valence-electron chi connectivity index (χ4n) is 6.56. The first kappa shape index (κ1) is 27.0. The standard InChI is InChI=1S/C27H31N3O9/c1-29(2)21-15-10-12-9-14-13(17(32)11-30-5-7-39-8-6-30)3-4-16(31)19(14)22(33)18(12)24(35)27(15,38)25(36)20(23(21)34)26(28)37/h3-4,12,15,21,31,34-35,38H,5-11H2,1-2H3,(H2,28,37)/t12-,15-,21+,27+/m1/s1. The molecule has 1 heterocycles. The zero-order valence-corrected chi connectivity index (χ0v) is 21.6. The number of morpholine rings is 1. The Morgan fingerprint density at radius 3 is 2.44 bits per heavy atom. The molecular weight excluding hydrogens is 510 g/mol. The summed E-state index contributed by atoms with van der Waals surface area (Å²) in [4.78, 5) is 55.9. The number of carbonyl (C=O) groups is 4. The molecule has 12 nitrogen and oxygen atoms in total. The van der Waals surface area contributed by atoms with Crippen LogP contribution in [-0.4, -0.2) is 112 Å². The largest absolute Gasteiger partial charge is 0.510 e. The Morgan fingerprint density at radius 2 is 1.82 bits per heavy atom. The maximum Gasteiger partial charge on any atom is 0.255 e. The molecule has 1 amide bonds. The molecule has 6 N–H and O–H groups in total. The smallest absolute Gasteiger partial charge is 0.255 e. The molecule has 1 aliphatic heterocycles. The van der Waals surface area contributed by atoms with Crippen LogP contribution in [0.3, 0.4) is 0 Å². The lowest BCUT2D eigenvalue weighted by Gasteiger charge is -2.50. The zero-order chi connectivity index (χ0) is 28.4. The Bertz CT molecular complexity index is 1360. The summed E-state index contributed by atoms with van der Waals surface area (Å²) in [5.74, 6) is -7.48. The molecule has 1 aromatic carbocycles. The number of fused-ring (bicyclic) bond motifs is 3. The number of likely N-dealkylation sites (N-methyl/N-ethyl adjacent to an activating group) is 1. The molecule has 208 valence electrons. The van der Waals surface area contributed by atoms with Gasteiger partial charge in [-0.25, -0.2) is 0 Å². The van der Waals surface area contributed by atoms with E-state index in [-0.39, 0.29) is 41.9 Å². The van der Waals surface area contributed by atoms with Crippen molar-refractivity contribution < 1.29 is 44.3 Å². The fourth-order valence-corrected chi connectivity index (χ4v) is 6.56. The average Bonchev–Trinajstić information content (AvgIpc) is 2.86. The molecule has 0 aromatic heterocycles. The predicted molar refractivity (Wildman–Crippen MR) is 135 cm³/mol. The Labute approximate surface area is 223 Å². The summed E-state index contributed by atoms with van der Waals surface area (Å²) in [6.45, 7) is 2.27. The van der Waals surface area contributed by atoms with Gasteiger partial charge < -0.3 is 30.9 Å².